The molecule has 2 aromatic rings. The average Bonchev–Trinajstić information content (AvgIpc) is 3.23. The lowest BCUT2D eigenvalue weighted by Gasteiger charge is -2.19. The molecule has 6 heteroatoms. The van der Waals surface area contributed by atoms with Crippen LogP contribution in [0.15, 0.2) is 58.0 Å². The zero-order valence-corrected chi connectivity index (χ0v) is 19.2. The van der Waals surface area contributed by atoms with Crippen molar-refractivity contribution in [3.8, 4) is 5.75 Å². The summed E-state index contributed by atoms with van der Waals surface area (Å²) >= 11 is 1.70. The van der Waals surface area contributed by atoms with Crippen LogP contribution >= 0.6 is 11.3 Å². The Bertz CT molecular complexity index is 851. The van der Waals surface area contributed by atoms with Crippen LogP contribution in [0.1, 0.15) is 51.0 Å². The number of hydrogen-bond donors (Lipinski definition) is 1. The Labute approximate surface area is 183 Å². The molecule has 5 nitrogen and oxygen atoms in total. The molecule has 0 saturated heterocycles. The number of rotatable bonds is 12. The van der Waals surface area contributed by atoms with Crippen molar-refractivity contribution < 1.29 is 14.6 Å². The Hall–Kier alpha value is -2.44. The molecule has 0 saturated carbocycles. The molecule has 2 rings (SSSR count). The molecule has 0 radical (unpaired) electrons. The predicted octanol–water partition coefficient (Wildman–Crippen LogP) is 5.62. The van der Waals surface area contributed by atoms with Gasteiger partial charge in [-0.2, -0.15) is 0 Å². The molecule has 1 N–H and O–H groups in total. The lowest BCUT2D eigenvalue weighted by Crippen LogP contribution is -2.30. The average molecular weight is 429 g/mol. The van der Waals surface area contributed by atoms with Crippen molar-refractivity contribution in [2.45, 2.75) is 47.1 Å². The van der Waals surface area contributed by atoms with Gasteiger partial charge in [-0.3, -0.25) is 14.7 Å². The summed E-state index contributed by atoms with van der Waals surface area (Å²) in [6.45, 7) is 10.1. The molecule has 1 heterocycles. The number of aliphatic carboxylic acids is 1. The standard InChI is InChI=1S/C24H32N2O3S/c1-5-13-26(16-24(27)28)15-19-9-11-20(12-10-19)29-17-22(18(3)4)25-21(6-2)23-8-7-14-30-23/h7-12,14H,5-6,13,15-17H2,1-4H3,(H,27,28). The van der Waals surface area contributed by atoms with Gasteiger partial charge in [-0.25, -0.2) is 0 Å². The molecule has 0 aliphatic carbocycles. The van der Waals surface area contributed by atoms with E-state index >= 15 is 0 Å². The number of ether oxygens (including phenoxy) is 1. The second-order valence-electron chi connectivity index (χ2n) is 7.37. The molecule has 162 valence electrons. The van der Waals surface area contributed by atoms with Gasteiger partial charge in [0.15, 0.2) is 0 Å². The summed E-state index contributed by atoms with van der Waals surface area (Å²) in [5.74, 6) is -0.0191. The molecule has 0 bridgehead atoms. The summed E-state index contributed by atoms with van der Waals surface area (Å²) in [5, 5.41) is 11.1. The molecule has 0 aliphatic rings. The lowest BCUT2D eigenvalue weighted by molar-refractivity contribution is -0.138. The predicted molar refractivity (Wildman–Crippen MR) is 125 cm³/mol. The summed E-state index contributed by atoms with van der Waals surface area (Å²) in [6, 6.07) is 12.0. The SMILES string of the molecule is CCCN(CC(=O)O)Cc1ccc(OCC(N=C(CC)c2cccs2)=C(C)C)cc1. The Morgan fingerprint density at radius 1 is 1.17 bits per heavy atom. The van der Waals surface area contributed by atoms with E-state index in [2.05, 4.69) is 39.1 Å². The fourth-order valence-electron chi connectivity index (χ4n) is 3.02. The van der Waals surface area contributed by atoms with Crippen molar-refractivity contribution in [2.75, 3.05) is 19.7 Å². The molecule has 0 spiro atoms. The topological polar surface area (TPSA) is 62.1 Å². The van der Waals surface area contributed by atoms with Gasteiger partial charge in [0.05, 0.1) is 18.0 Å². The fraction of sp³-hybridized carbons (Fsp3) is 0.417. The van der Waals surface area contributed by atoms with E-state index in [1.165, 1.54) is 4.88 Å². The molecule has 0 amide bonds. The highest BCUT2D eigenvalue weighted by Crippen LogP contribution is 2.19. The van der Waals surface area contributed by atoms with Gasteiger partial charge in [0, 0.05) is 11.4 Å². The Morgan fingerprint density at radius 3 is 2.43 bits per heavy atom. The van der Waals surface area contributed by atoms with Crippen molar-refractivity contribution >= 4 is 23.0 Å². The van der Waals surface area contributed by atoms with Crippen molar-refractivity contribution in [3.63, 3.8) is 0 Å². The minimum atomic E-state index is -0.799. The summed E-state index contributed by atoms with van der Waals surface area (Å²) in [7, 11) is 0. The van der Waals surface area contributed by atoms with E-state index in [4.69, 9.17) is 14.8 Å². The maximum absolute atomic E-state index is 11.0. The van der Waals surface area contributed by atoms with Crippen LogP contribution in [0.4, 0.5) is 0 Å². The Kier molecular flexibility index (Phi) is 9.77. The summed E-state index contributed by atoms with van der Waals surface area (Å²) in [6.07, 6.45) is 1.79. The number of allylic oxidation sites excluding steroid dienone is 1. The fourth-order valence-corrected chi connectivity index (χ4v) is 3.81. The van der Waals surface area contributed by atoms with E-state index in [-0.39, 0.29) is 6.54 Å². The zero-order valence-electron chi connectivity index (χ0n) is 18.4. The highest BCUT2D eigenvalue weighted by molar-refractivity contribution is 7.12. The van der Waals surface area contributed by atoms with E-state index in [0.29, 0.717) is 13.2 Å². The van der Waals surface area contributed by atoms with Crippen LogP contribution in [0.5, 0.6) is 5.75 Å². The quantitative estimate of drug-likeness (QED) is 0.446. The van der Waals surface area contributed by atoms with Gasteiger partial charge in [0.2, 0.25) is 0 Å². The summed E-state index contributed by atoms with van der Waals surface area (Å²) in [4.78, 5) is 19.0. The highest BCUT2D eigenvalue weighted by Gasteiger charge is 2.10. The molecule has 0 unspecified atom stereocenters. The van der Waals surface area contributed by atoms with Gasteiger partial charge in [-0.05, 0) is 62.4 Å². The van der Waals surface area contributed by atoms with E-state index in [1.807, 2.05) is 35.2 Å². The molecule has 1 aromatic heterocycles. The zero-order chi connectivity index (χ0) is 21.9. The van der Waals surface area contributed by atoms with Gasteiger partial charge in [-0.15, -0.1) is 11.3 Å². The van der Waals surface area contributed by atoms with Gasteiger partial charge < -0.3 is 9.84 Å². The van der Waals surface area contributed by atoms with Crippen LogP contribution in [0.3, 0.4) is 0 Å². The number of benzene rings is 1. The number of carbonyl (C=O) groups is 1. The first-order valence-corrected chi connectivity index (χ1v) is 11.2. The van der Waals surface area contributed by atoms with Crippen LogP contribution in [0, 0.1) is 0 Å². The van der Waals surface area contributed by atoms with Crippen LogP contribution < -0.4 is 4.74 Å². The minimum absolute atomic E-state index is 0.0536. The normalized spacial score (nSPS) is 11.6. The number of carboxylic acid groups (broad SMARTS) is 1. The molecule has 0 aliphatic heterocycles. The van der Waals surface area contributed by atoms with Crippen molar-refractivity contribution in [2.24, 2.45) is 4.99 Å². The number of thiophene rings is 1. The number of nitrogens with zero attached hydrogens (tertiary/aromatic N) is 2. The first kappa shape index (κ1) is 23.8. The van der Waals surface area contributed by atoms with Gasteiger partial charge >= 0.3 is 5.97 Å². The van der Waals surface area contributed by atoms with Crippen molar-refractivity contribution in [1.29, 1.82) is 0 Å². The summed E-state index contributed by atoms with van der Waals surface area (Å²) < 4.78 is 5.99. The first-order valence-electron chi connectivity index (χ1n) is 10.4. The van der Waals surface area contributed by atoms with Gasteiger partial charge in [0.25, 0.3) is 0 Å². The van der Waals surface area contributed by atoms with E-state index in [1.54, 1.807) is 11.3 Å². The second kappa shape index (κ2) is 12.3. The maximum Gasteiger partial charge on any atom is 0.317 e. The van der Waals surface area contributed by atoms with E-state index in [9.17, 15) is 4.79 Å². The first-order chi connectivity index (χ1) is 14.4. The van der Waals surface area contributed by atoms with Gasteiger partial charge in [0.1, 0.15) is 12.4 Å². The number of carboxylic acids is 1. The molecular formula is C24H32N2O3S. The number of aliphatic imine (C=N–C) groups is 1. The van der Waals surface area contributed by atoms with Crippen LogP contribution in [0.25, 0.3) is 0 Å². The largest absolute Gasteiger partial charge is 0.487 e. The van der Waals surface area contributed by atoms with Gasteiger partial charge in [-0.1, -0.05) is 37.6 Å². The highest BCUT2D eigenvalue weighted by atomic mass is 32.1. The summed E-state index contributed by atoms with van der Waals surface area (Å²) in [5.41, 5.74) is 4.23. The second-order valence-corrected chi connectivity index (χ2v) is 8.32. The van der Waals surface area contributed by atoms with E-state index < -0.39 is 5.97 Å². The smallest absolute Gasteiger partial charge is 0.317 e. The third-order valence-corrected chi connectivity index (χ3v) is 5.51. The molecule has 30 heavy (non-hydrogen) atoms. The monoisotopic (exact) mass is 428 g/mol. The third kappa shape index (κ3) is 7.76. The van der Waals surface area contributed by atoms with Crippen LogP contribution in [0.2, 0.25) is 0 Å². The van der Waals surface area contributed by atoms with Crippen molar-refractivity contribution in [1.82, 2.24) is 4.90 Å². The minimum Gasteiger partial charge on any atom is -0.487 e. The molecular weight excluding hydrogens is 396 g/mol. The van der Waals surface area contributed by atoms with Crippen LogP contribution in [-0.2, 0) is 11.3 Å². The Balaban J connectivity index is 2.02. The number of hydrogen-bond acceptors (Lipinski definition) is 5. The maximum atomic E-state index is 11.0. The lowest BCUT2D eigenvalue weighted by atomic mass is 10.2. The third-order valence-electron chi connectivity index (χ3n) is 4.59. The Morgan fingerprint density at radius 2 is 1.90 bits per heavy atom. The van der Waals surface area contributed by atoms with Crippen LogP contribution in [-0.4, -0.2) is 41.4 Å². The molecule has 1 aromatic carbocycles. The van der Waals surface area contributed by atoms with E-state index in [0.717, 1.165) is 47.7 Å². The molecule has 0 fully saturated rings. The molecule has 0 atom stereocenters. The van der Waals surface area contributed by atoms with Crippen molar-refractivity contribution in [3.05, 3.63) is 63.5 Å².